The van der Waals surface area contributed by atoms with Gasteiger partial charge in [-0.1, -0.05) is 18.2 Å². The first kappa shape index (κ1) is 9.62. The number of hydrogen-bond donors (Lipinski definition) is 0. The highest BCUT2D eigenvalue weighted by Gasteiger charge is 2.12. The van der Waals surface area contributed by atoms with Crippen molar-refractivity contribution in [3.8, 4) is 0 Å². The number of rotatable bonds is 2. The summed E-state index contributed by atoms with van der Waals surface area (Å²) in [4.78, 5) is 2.24. The molecular formula is C11H14FN2. The molecule has 75 valence electrons. The van der Waals surface area contributed by atoms with Crippen LogP contribution >= 0.6 is 0 Å². The van der Waals surface area contributed by atoms with Crippen LogP contribution in [0.1, 0.15) is 5.56 Å². The number of benzene rings is 1. The van der Waals surface area contributed by atoms with E-state index in [4.69, 9.17) is 0 Å². The van der Waals surface area contributed by atoms with Crippen molar-refractivity contribution in [2.45, 2.75) is 6.54 Å². The van der Waals surface area contributed by atoms with E-state index in [0.717, 1.165) is 31.7 Å². The first-order valence-corrected chi connectivity index (χ1v) is 4.95. The van der Waals surface area contributed by atoms with Gasteiger partial charge in [0, 0.05) is 38.3 Å². The third kappa shape index (κ3) is 2.30. The van der Waals surface area contributed by atoms with Gasteiger partial charge in [-0.25, -0.2) is 9.71 Å². The van der Waals surface area contributed by atoms with Crippen LogP contribution in [0.15, 0.2) is 24.3 Å². The molecule has 0 N–H and O–H groups in total. The first-order chi connectivity index (χ1) is 6.86. The van der Waals surface area contributed by atoms with Crippen molar-refractivity contribution in [2.24, 2.45) is 0 Å². The molecule has 1 saturated heterocycles. The summed E-state index contributed by atoms with van der Waals surface area (Å²) in [5.41, 5.74) is 0.786. The molecule has 0 amide bonds. The van der Waals surface area contributed by atoms with Crippen LogP contribution in [-0.2, 0) is 6.54 Å². The lowest BCUT2D eigenvalue weighted by atomic mass is 10.2. The lowest BCUT2D eigenvalue weighted by Crippen LogP contribution is -2.39. The van der Waals surface area contributed by atoms with E-state index in [1.165, 1.54) is 6.07 Å². The second-order valence-corrected chi connectivity index (χ2v) is 3.54. The van der Waals surface area contributed by atoms with Gasteiger partial charge in [-0.2, -0.15) is 0 Å². The second-order valence-electron chi connectivity index (χ2n) is 3.54. The fourth-order valence-electron chi connectivity index (χ4n) is 1.67. The maximum atomic E-state index is 13.3. The molecule has 1 aromatic rings. The normalized spacial score (nSPS) is 18.4. The van der Waals surface area contributed by atoms with E-state index < -0.39 is 0 Å². The molecule has 2 rings (SSSR count). The van der Waals surface area contributed by atoms with Gasteiger partial charge in [0.05, 0.1) is 0 Å². The molecule has 0 atom stereocenters. The molecule has 1 aromatic carbocycles. The summed E-state index contributed by atoms with van der Waals surface area (Å²) in [6.07, 6.45) is 0. The summed E-state index contributed by atoms with van der Waals surface area (Å²) in [6.45, 7) is 4.38. The van der Waals surface area contributed by atoms with Gasteiger partial charge in [0.2, 0.25) is 0 Å². The van der Waals surface area contributed by atoms with Crippen LogP contribution in [0.25, 0.3) is 0 Å². The van der Waals surface area contributed by atoms with E-state index in [2.05, 4.69) is 10.2 Å². The minimum Gasteiger partial charge on any atom is -0.296 e. The molecule has 1 radical (unpaired) electrons. The van der Waals surface area contributed by atoms with Gasteiger partial charge in [0.25, 0.3) is 0 Å². The van der Waals surface area contributed by atoms with E-state index >= 15 is 0 Å². The predicted molar refractivity (Wildman–Crippen MR) is 53.5 cm³/mol. The Morgan fingerprint density at radius 1 is 1.21 bits per heavy atom. The van der Waals surface area contributed by atoms with Gasteiger partial charge in [-0.15, -0.1) is 0 Å². The Bertz CT molecular complexity index is 295. The molecule has 14 heavy (non-hydrogen) atoms. The van der Waals surface area contributed by atoms with Crippen molar-refractivity contribution >= 4 is 0 Å². The quantitative estimate of drug-likeness (QED) is 0.691. The van der Waals surface area contributed by atoms with Crippen molar-refractivity contribution in [1.82, 2.24) is 10.2 Å². The van der Waals surface area contributed by atoms with Crippen molar-refractivity contribution in [3.05, 3.63) is 35.6 Å². The Kier molecular flexibility index (Phi) is 3.11. The molecule has 0 bridgehead atoms. The largest absolute Gasteiger partial charge is 0.296 e. The van der Waals surface area contributed by atoms with Crippen LogP contribution in [0.5, 0.6) is 0 Å². The highest BCUT2D eigenvalue weighted by atomic mass is 19.1. The zero-order chi connectivity index (χ0) is 9.80. The molecule has 1 fully saturated rings. The van der Waals surface area contributed by atoms with Crippen molar-refractivity contribution in [1.29, 1.82) is 0 Å². The molecule has 0 aromatic heterocycles. The lowest BCUT2D eigenvalue weighted by molar-refractivity contribution is 0.228. The summed E-state index contributed by atoms with van der Waals surface area (Å²) >= 11 is 0. The Morgan fingerprint density at radius 2 is 1.93 bits per heavy atom. The summed E-state index contributed by atoms with van der Waals surface area (Å²) < 4.78 is 13.3. The molecule has 0 spiro atoms. The monoisotopic (exact) mass is 193 g/mol. The Hall–Kier alpha value is -0.930. The second kappa shape index (κ2) is 4.53. The van der Waals surface area contributed by atoms with Gasteiger partial charge in [-0.05, 0) is 6.07 Å². The Morgan fingerprint density at radius 3 is 2.64 bits per heavy atom. The van der Waals surface area contributed by atoms with Crippen LogP contribution < -0.4 is 5.32 Å². The fraction of sp³-hybridized carbons (Fsp3) is 0.455. The summed E-state index contributed by atoms with van der Waals surface area (Å²) in [5, 5.41) is 4.26. The summed E-state index contributed by atoms with van der Waals surface area (Å²) in [5.74, 6) is -0.102. The van der Waals surface area contributed by atoms with Gasteiger partial charge in [0.15, 0.2) is 0 Å². The minimum absolute atomic E-state index is 0.102. The molecule has 1 aliphatic rings. The van der Waals surface area contributed by atoms with Gasteiger partial charge < -0.3 is 0 Å². The fourth-order valence-corrected chi connectivity index (χ4v) is 1.67. The first-order valence-electron chi connectivity index (χ1n) is 4.95. The zero-order valence-electron chi connectivity index (χ0n) is 8.12. The minimum atomic E-state index is -0.102. The van der Waals surface area contributed by atoms with Crippen LogP contribution in [-0.4, -0.2) is 31.1 Å². The standard InChI is InChI=1S/C11H14FN2/c12-11-4-2-1-3-10(11)9-14-7-5-13-6-8-14/h1-4H,5-9H2. The molecule has 1 aliphatic heterocycles. The van der Waals surface area contributed by atoms with E-state index in [-0.39, 0.29) is 5.82 Å². The van der Waals surface area contributed by atoms with Crippen molar-refractivity contribution in [3.63, 3.8) is 0 Å². The van der Waals surface area contributed by atoms with Crippen molar-refractivity contribution in [2.75, 3.05) is 26.2 Å². The average Bonchev–Trinajstić information content (AvgIpc) is 2.23. The van der Waals surface area contributed by atoms with E-state index in [0.29, 0.717) is 6.54 Å². The maximum Gasteiger partial charge on any atom is 0.127 e. The lowest BCUT2D eigenvalue weighted by Gasteiger charge is -2.26. The van der Waals surface area contributed by atoms with Gasteiger partial charge >= 0.3 is 0 Å². The third-order valence-electron chi connectivity index (χ3n) is 2.50. The van der Waals surface area contributed by atoms with Crippen LogP contribution in [0.3, 0.4) is 0 Å². The number of piperazine rings is 1. The van der Waals surface area contributed by atoms with Crippen LogP contribution in [0.2, 0.25) is 0 Å². The molecule has 0 saturated carbocycles. The van der Waals surface area contributed by atoms with E-state index in [1.54, 1.807) is 6.07 Å². The van der Waals surface area contributed by atoms with E-state index in [9.17, 15) is 4.39 Å². The number of halogens is 1. The third-order valence-corrected chi connectivity index (χ3v) is 2.50. The predicted octanol–water partition coefficient (Wildman–Crippen LogP) is 1.25. The van der Waals surface area contributed by atoms with Crippen LogP contribution in [0, 0.1) is 5.82 Å². The highest BCUT2D eigenvalue weighted by molar-refractivity contribution is 5.17. The SMILES string of the molecule is Fc1ccccc1CN1CC[N]CC1. The number of hydrogen-bond acceptors (Lipinski definition) is 1. The Balaban J connectivity index is 1.99. The van der Waals surface area contributed by atoms with Gasteiger partial charge in [0.1, 0.15) is 5.82 Å². The molecule has 2 nitrogen and oxygen atoms in total. The molecule has 0 unspecified atom stereocenters. The molecule has 1 heterocycles. The molecule has 0 aliphatic carbocycles. The topological polar surface area (TPSA) is 17.3 Å². The molecule has 3 heteroatoms. The van der Waals surface area contributed by atoms with Gasteiger partial charge in [-0.3, -0.25) is 4.90 Å². The van der Waals surface area contributed by atoms with Crippen molar-refractivity contribution < 1.29 is 4.39 Å². The van der Waals surface area contributed by atoms with E-state index in [1.807, 2.05) is 12.1 Å². The smallest absolute Gasteiger partial charge is 0.127 e. The summed E-state index contributed by atoms with van der Waals surface area (Å²) in [6, 6.07) is 6.97. The zero-order valence-corrected chi connectivity index (χ0v) is 8.12. The van der Waals surface area contributed by atoms with Crippen LogP contribution in [0.4, 0.5) is 4.39 Å². The highest BCUT2D eigenvalue weighted by Crippen LogP contribution is 2.10. The number of nitrogens with zero attached hydrogens (tertiary/aromatic N) is 2. The average molecular weight is 193 g/mol. The maximum absolute atomic E-state index is 13.3. The molecular weight excluding hydrogens is 179 g/mol. The Labute approximate surface area is 83.7 Å². The summed E-state index contributed by atoms with van der Waals surface area (Å²) in [7, 11) is 0.